The van der Waals surface area contributed by atoms with Gasteiger partial charge in [0.1, 0.15) is 11.6 Å². The van der Waals surface area contributed by atoms with Gasteiger partial charge in [-0.15, -0.1) is 0 Å². The number of hydrogen-bond donors (Lipinski definition) is 1. The van der Waals surface area contributed by atoms with Crippen LogP contribution in [0.25, 0.3) is 10.9 Å². The number of ketones is 1. The van der Waals surface area contributed by atoms with E-state index in [0.717, 1.165) is 6.42 Å². The number of ether oxygens (including phenoxy) is 1. The number of aromatic nitrogens is 1. The largest absolute Gasteiger partial charge is 0.367 e. The summed E-state index contributed by atoms with van der Waals surface area (Å²) in [5.41, 5.74) is 0.817. The molecule has 2 atom stereocenters. The molecule has 0 aliphatic carbocycles. The van der Waals surface area contributed by atoms with Crippen molar-refractivity contribution in [2.45, 2.75) is 32.0 Å². The summed E-state index contributed by atoms with van der Waals surface area (Å²) >= 11 is 0. The number of non-ortho nitro benzene ring substituents is 1. The Morgan fingerprint density at radius 1 is 1.45 bits per heavy atom. The summed E-state index contributed by atoms with van der Waals surface area (Å²) in [4.78, 5) is 25.8. The van der Waals surface area contributed by atoms with E-state index in [-0.39, 0.29) is 17.6 Å². The minimum absolute atomic E-state index is 0.0257. The number of nitro benzene ring substituents is 1. The third-order valence-electron chi connectivity index (χ3n) is 3.68. The average molecular weight is 274 g/mol. The van der Waals surface area contributed by atoms with E-state index in [1.165, 1.54) is 12.3 Å². The summed E-state index contributed by atoms with van der Waals surface area (Å²) in [5, 5.41) is 11.5. The molecule has 1 aliphatic rings. The van der Waals surface area contributed by atoms with Gasteiger partial charge in [-0.1, -0.05) is 12.1 Å². The van der Waals surface area contributed by atoms with Gasteiger partial charge in [-0.05, 0) is 19.8 Å². The van der Waals surface area contributed by atoms with E-state index < -0.39 is 11.0 Å². The van der Waals surface area contributed by atoms with Gasteiger partial charge in [-0.2, -0.15) is 0 Å². The maximum absolute atomic E-state index is 12.4. The van der Waals surface area contributed by atoms with Crippen LogP contribution in [0.15, 0.2) is 24.4 Å². The number of hydrogen-bond acceptors (Lipinski definition) is 4. The van der Waals surface area contributed by atoms with Gasteiger partial charge in [0.25, 0.3) is 5.69 Å². The molecule has 3 rings (SSSR count). The van der Waals surface area contributed by atoms with Crippen molar-refractivity contribution < 1.29 is 14.5 Å². The molecular formula is C14H14N2O4. The SMILES string of the molecule is CC1CCC(C(=O)c2c[nH]c3c([N+](=O)[O-])cccc23)O1. The molecule has 2 aromatic rings. The van der Waals surface area contributed by atoms with Crippen LogP contribution in [0, 0.1) is 10.1 Å². The molecule has 1 aromatic heterocycles. The summed E-state index contributed by atoms with van der Waals surface area (Å²) in [7, 11) is 0. The Morgan fingerprint density at radius 2 is 2.25 bits per heavy atom. The highest BCUT2D eigenvalue weighted by atomic mass is 16.6. The van der Waals surface area contributed by atoms with Crippen molar-refractivity contribution in [3.63, 3.8) is 0 Å². The number of Topliss-reactive ketones (excluding diaryl/α,β-unsaturated/α-hetero) is 1. The van der Waals surface area contributed by atoms with Gasteiger partial charge in [0, 0.05) is 23.2 Å². The quantitative estimate of drug-likeness (QED) is 0.529. The second-order valence-corrected chi connectivity index (χ2v) is 5.04. The number of carbonyl (C=O) groups is 1. The number of nitrogens with one attached hydrogen (secondary N) is 1. The van der Waals surface area contributed by atoms with E-state index in [9.17, 15) is 14.9 Å². The van der Waals surface area contributed by atoms with E-state index in [1.807, 2.05) is 6.92 Å². The number of H-pyrrole nitrogens is 1. The van der Waals surface area contributed by atoms with Gasteiger partial charge in [-0.3, -0.25) is 14.9 Å². The molecule has 2 unspecified atom stereocenters. The van der Waals surface area contributed by atoms with Crippen molar-refractivity contribution >= 4 is 22.4 Å². The number of benzene rings is 1. The average Bonchev–Trinajstić information content (AvgIpc) is 3.03. The summed E-state index contributed by atoms with van der Waals surface area (Å²) in [6.07, 6.45) is 2.74. The first kappa shape index (κ1) is 12.8. The Labute approximate surface area is 114 Å². The van der Waals surface area contributed by atoms with Crippen LogP contribution in [-0.4, -0.2) is 27.9 Å². The fraction of sp³-hybridized carbons (Fsp3) is 0.357. The van der Waals surface area contributed by atoms with Crippen molar-refractivity contribution in [3.8, 4) is 0 Å². The molecule has 0 spiro atoms. The van der Waals surface area contributed by atoms with Gasteiger partial charge in [0.15, 0.2) is 5.78 Å². The lowest BCUT2D eigenvalue weighted by Crippen LogP contribution is -2.20. The van der Waals surface area contributed by atoms with Crippen LogP contribution < -0.4 is 0 Å². The Balaban J connectivity index is 2.03. The number of fused-ring (bicyclic) bond motifs is 1. The number of aromatic amines is 1. The Morgan fingerprint density at radius 3 is 2.90 bits per heavy atom. The highest BCUT2D eigenvalue weighted by Gasteiger charge is 2.31. The molecule has 6 nitrogen and oxygen atoms in total. The minimum Gasteiger partial charge on any atom is -0.367 e. The molecule has 0 saturated carbocycles. The van der Waals surface area contributed by atoms with E-state index in [2.05, 4.69) is 4.98 Å². The first-order valence-corrected chi connectivity index (χ1v) is 6.52. The molecule has 1 N–H and O–H groups in total. The zero-order chi connectivity index (χ0) is 14.3. The first-order valence-electron chi connectivity index (χ1n) is 6.52. The monoisotopic (exact) mass is 274 g/mol. The normalized spacial score (nSPS) is 22.2. The number of rotatable bonds is 3. The van der Waals surface area contributed by atoms with Gasteiger partial charge in [0.2, 0.25) is 0 Å². The second-order valence-electron chi connectivity index (χ2n) is 5.04. The molecular weight excluding hydrogens is 260 g/mol. The highest BCUT2D eigenvalue weighted by molar-refractivity contribution is 6.11. The predicted molar refractivity (Wildman–Crippen MR) is 72.9 cm³/mol. The standard InChI is InChI=1S/C14H14N2O4/c1-8-5-6-12(20-8)14(17)10-7-15-13-9(10)3-2-4-11(13)16(18)19/h2-4,7-8,12,15H,5-6H2,1H3. The van der Waals surface area contributed by atoms with E-state index in [4.69, 9.17) is 4.74 Å². The zero-order valence-electron chi connectivity index (χ0n) is 11.0. The maximum atomic E-state index is 12.4. The fourth-order valence-corrected chi connectivity index (χ4v) is 2.66. The summed E-state index contributed by atoms with van der Waals surface area (Å²) in [6.45, 7) is 1.94. The first-order chi connectivity index (χ1) is 9.58. The van der Waals surface area contributed by atoms with Gasteiger partial charge < -0.3 is 9.72 Å². The Hall–Kier alpha value is -2.21. The third-order valence-corrected chi connectivity index (χ3v) is 3.68. The Kier molecular flexibility index (Phi) is 3.02. The lowest BCUT2D eigenvalue weighted by Gasteiger charge is -2.08. The summed E-state index contributed by atoms with van der Waals surface area (Å²) in [6, 6.07) is 4.72. The molecule has 1 aromatic carbocycles. The molecule has 0 amide bonds. The van der Waals surface area contributed by atoms with Crippen LogP contribution >= 0.6 is 0 Å². The lowest BCUT2D eigenvalue weighted by molar-refractivity contribution is -0.383. The molecule has 2 heterocycles. The summed E-state index contributed by atoms with van der Waals surface area (Å²) in [5.74, 6) is -0.110. The zero-order valence-corrected chi connectivity index (χ0v) is 11.0. The number of nitro groups is 1. The van der Waals surface area contributed by atoms with E-state index >= 15 is 0 Å². The van der Waals surface area contributed by atoms with Crippen LogP contribution in [0.2, 0.25) is 0 Å². The summed E-state index contributed by atoms with van der Waals surface area (Å²) < 4.78 is 5.58. The fourth-order valence-electron chi connectivity index (χ4n) is 2.66. The van der Waals surface area contributed by atoms with Crippen molar-refractivity contribution in [1.29, 1.82) is 0 Å². The number of para-hydroxylation sites is 1. The molecule has 1 saturated heterocycles. The third kappa shape index (κ3) is 1.98. The van der Waals surface area contributed by atoms with Crippen LogP contribution in [-0.2, 0) is 4.74 Å². The van der Waals surface area contributed by atoms with Crippen LogP contribution in [0.1, 0.15) is 30.1 Å². The topological polar surface area (TPSA) is 85.2 Å². The van der Waals surface area contributed by atoms with Crippen molar-refractivity contribution in [2.24, 2.45) is 0 Å². The molecule has 6 heteroatoms. The minimum atomic E-state index is -0.457. The van der Waals surface area contributed by atoms with E-state index in [0.29, 0.717) is 22.9 Å². The lowest BCUT2D eigenvalue weighted by atomic mass is 10.0. The van der Waals surface area contributed by atoms with Crippen molar-refractivity contribution in [1.82, 2.24) is 4.98 Å². The molecule has 20 heavy (non-hydrogen) atoms. The smallest absolute Gasteiger partial charge is 0.293 e. The van der Waals surface area contributed by atoms with Crippen molar-refractivity contribution in [2.75, 3.05) is 0 Å². The van der Waals surface area contributed by atoms with Crippen LogP contribution in [0.3, 0.4) is 0 Å². The second kappa shape index (κ2) is 4.72. The number of nitrogens with zero attached hydrogens (tertiary/aromatic N) is 1. The molecule has 0 bridgehead atoms. The molecule has 1 fully saturated rings. The van der Waals surface area contributed by atoms with Gasteiger partial charge in [0.05, 0.1) is 11.0 Å². The van der Waals surface area contributed by atoms with E-state index in [1.54, 1.807) is 12.1 Å². The maximum Gasteiger partial charge on any atom is 0.293 e. The van der Waals surface area contributed by atoms with Crippen LogP contribution in [0.4, 0.5) is 5.69 Å². The molecule has 1 aliphatic heterocycles. The highest BCUT2D eigenvalue weighted by Crippen LogP contribution is 2.30. The van der Waals surface area contributed by atoms with Crippen LogP contribution in [0.5, 0.6) is 0 Å². The Bertz CT molecular complexity index is 692. The predicted octanol–water partition coefficient (Wildman–Crippen LogP) is 2.83. The van der Waals surface area contributed by atoms with Gasteiger partial charge in [-0.25, -0.2) is 0 Å². The molecule has 104 valence electrons. The molecule has 0 radical (unpaired) electrons. The van der Waals surface area contributed by atoms with Crippen molar-refractivity contribution in [3.05, 3.63) is 40.1 Å². The number of carbonyl (C=O) groups excluding carboxylic acids is 1. The van der Waals surface area contributed by atoms with Gasteiger partial charge >= 0.3 is 0 Å².